The van der Waals surface area contributed by atoms with Crippen molar-refractivity contribution in [3.8, 4) is 5.75 Å². The Morgan fingerprint density at radius 2 is 2.05 bits per heavy atom. The van der Waals surface area contributed by atoms with Gasteiger partial charge in [-0.2, -0.15) is 0 Å². The third-order valence-corrected chi connectivity index (χ3v) is 3.88. The number of hydrogen-bond donors (Lipinski definition) is 2. The van der Waals surface area contributed by atoms with E-state index < -0.39 is 0 Å². The molecule has 1 aliphatic carbocycles. The Morgan fingerprint density at radius 1 is 1.33 bits per heavy atom. The third kappa shape index (κ3) is 5.21. The fourth-order valence-electron chi connectivity index (χ4n) is 2.78. The molecule has 3 N–H and O–H groups in total. The van der Waals surface area contributed by atoms with Gasteiger partial charge in [0.15, 0.2) is 0 Å². The van der Waals surface area contributed by atoms with Crippen molar-refractivity contribution in [3.63, 3.8) is 0 Å². The quantitative estimate of drug-likeness (QED) is 0.876. The number of halogens is 1. The molecule has 0 aromatic heterocycles. The Bertz CT molecular complexity index is 454. The molecule has 1 fully saturated rings. The number of amides is 1. The van der Waals surface area contributed by atoms with Crippen LogP contribution in [0.3, 0.4) is 0 Å². The van der Waals surface area contributed by atoms with Gasteiger partial charge in [-0.05, 0) is 37.8 Å². The normalized spacial score (nSPS) is 21.2. The van der Waals surface area contributed by atoms with E-state index in [1.807, 2.05) is 31.2 Å². The van der Waals surface area contributed by atoms with Crippen molar-refractivity contribution < 1.29 is 9.53 Å². The van der Waals surface area contributed by atoms with Crippen LogP contribution in [-0.4, -0.2) is 18.6 Å². The van der Waals surface area contributed by atoms with Gasteiger partial charge in [0.2, 0.25) is 5.91 Å². The number of nitrogens with one attached hydrogen (secondary N) is 1. The van der Waals surface area contributed by atoms with Gasteiger partial charge in [0.25, 0.3) is 0 Å². The maximum absolute atomic E-state index is 12.2. The molecule has 1 saturated carbocycles. The summed E-state index contributed by atoms with van der Waals surface area (Å²) >= 11 is 0. The Morgan fingerprint density at radius 3 is 2.76 bits per heavy atom. The van der Waals surface area contributed by atoms with E-state index in [2.05, 4.69) is 5.32 Å². The summed E-state index contributed by atoms with van der Waals surface area (Å²) in [4.78, 5) is 12.2. The second kappa shape index (κ2) is 8.90. The van der Waals surface area contributed by atoms with Crippen molar-refractivity contribution in [2.75, 3.05) is 11.9 Å². The number of ether oxygens (including phenoxy) is 1. The van der Waals surface area contributed by atoms with Gasteiger partial charge in [-0.25, -0.2) is 0 Å². The monoisotopic (exact) mass is 312 g/mol. The second-order valence-electron chi connectivity index (χ2n) is 5.39. The van der Waals surface area contributed by atoms with Crippen LogP contribution in [0, 0.1) is 5.92 Å². The van der Waals surface area contributed by atoms with E-state index in [1.54, 1.807) is 0 Å². The highest BCUT2D eigenvalue weighted by molar-refractivity contribution is 5.92. The number of para-hydroxylation sites is 2. The highest BCUT2D eigenvalue weighted by atomic mass is 35.5. The van der Waals surface area contributed by atoms with Gasteiger partial charge in [-0.3, -0.25) is 4.79 Å². The topological polar surface area (TPSA) is 64.3 Å². The first-order valence-electron chi connectivity index (χ1n) is 7.48. The molecule has 1 aromatic carbocycles. The van der Waals surface area contributed by atoms with E-state index in [0.717, 1.165) is 24.3 Å². The predicted molar refractivity (Wildman–Crippen MR) is 88.0 cm³/mol. The zero-order valence-corrected chi connectivity index (χ0v) is 13.3. The highest BCUT2D eigenvalue weighted by Crippen LogP contribution is 2.28. The molecule has 0 bridgehead atoms. The van der Waals surface area contributed by atoms with Crippen LogP contribution >= 0.6 is 12.4 Å². The lowest BCUT2D eigenvalue weighted by Crippen LogP contribution is -2.35. The van der Waals surface area contributed by atoms with Crippen molar-refractivity contribution in [1.29, 1.82) is 0 Å². The summed E-state index contributed by atoms with van der Waals surface area (Å²) in [6, 6.07) is 7.69. The van der Waals surface area contributed by atoms with Crippen LogP contribution < -0.4 is 15.8 Å². The molecule has 0 radical (unpaired) electrons. The Labute approximate surface area is 132 Å². The van der Waals surface area contributed by atoms with Crippen LogP contribution in [0.4, 0.5) is 5.69 Å². The molecule has 2 unspecified atom stereocenters. The Kier molecular flexibility index (Phi) is 7.54. The van der Waals surface area contributed by atoms with Crippen molar-refractivity contribution in [1.82, 2.24) is 0 Å². The van der Waals surface area contributed by atoms with Crippen molar-refractivity contribution in [2.24, 2.45) is 11.7 Å². The summed E-state index contributed by atoms with van der Waals surface area (Å²) in [6.45, 7) is 2.51. The molecule has 1 amide bonds. The van der Waals surface area contributed by atoms with Crippen LogP contribution in [0.15, 0.2) is 24.3 Å². The first kappa shape index (κ1) is 17.8. The molecule has 5 heteroatoms. The number of anilines is 1. The maximum Gasteiger partial charge on any atom is 0.224 e. The average Bonchev–Trinajstić information content (AvgIpc) is 2.44. The summed E-state index contributed by atoms with van der Waals surface area (Å²) in [6.07, 6.45) is 4.96. The molecule has 2 rings (SSSR count). The molecular weight excluding hydrogens is 288 g/mol. The molecule has 118 valence electrons. The lowest BCUT2D eigenvalue weighted by molar-refractivity contribution is -0.117. The van der Waals surface area contributed by atoms with Gasteiger partial charge < -0.3 is 15.8 Å². The summed E-state index contributed by atoms with van der Waals surface area (Å²) in [7, 11) is 0. The zero-order chi connectivity index (χ0) is 14.4. The fourth-order valence-corrected chi connectivity index (χ4v) is 2.78. The molecule has 2 atom stereocenters. The van der Waals surface area contributed by atoms with E-state index >= 15 is 0 Å². The number of benzene rings is 1. The van der Waals surface area contributed by atoms with E-state index in [0.29, 0.717) is 18.9 Å². The first-order valence-corrected chi connectivity index (χ1v) is 7.48. The van der Waals surface area contributed by atoms with Crippen LogP contribution in [0.1, 0.15) is 39.0 Å². The van der Waals surface area contributed by atoms with Crippen LogP contribution in [0.5, 0.6) is 5.75 Å². The molecule has 21 heavy (non-hydrogen) atoms. The SMILES string of the molecule is CCOc1ccccc1NC(=O)CC1CCCCC1N.Cl. The lowest BCUT2D eigenvalue weighted by Gasteiger charge is -2.28. The van der Waals surface area contributed by atoms with Gasteiger partial charge >= 0.3 is 0 Å². The molecule has 0 saturated heterocycles. The standard InChI is InChI=1S/C16H24N2O2.ClH/c1-2-20-15-10-6-5-9-14(15)18-16(19)11-12-7-3-4-8-13(12)17;/h5-6,9-10,12-13H,2-4,7-8,11,17H2,1H3,(H,18,19);1H. The van der Waals surface area contributed by atoms with Gasteiger partial charge in [0, 0.05) is 12.5 Å². The Balaban J connectivity index is 0.00000220. The van der Waals surface area contributed by atoms with Crippen molar-refractivity contribution in [3.05, 3.63) is 24.3 Å². The summed E-state index contributed by atoms with van der Waals surface area (Å²) in [5.41, 5.74) is 6.83. The minimum Gasteiger partial charge on any atom is -0.492 e. The smallest absolute Gasteiger partial charge is 0.224 e. The lowest BCUT2D eigenvalue weighted by atomic mass is 9.83. The highest BCUT2D eigenvalue weighted by Gasteiger charge is 2.24. The minimum absolute atomic E-state index is 0. The Hall–Kier alpha value is -1.26. The summed E-state index contributed by atoms with van der Waals surface area (Å²) in [5.74, 6) is 1.05. The number of carbonyl (C=O) groups is 1. The van der Waals surface area contributed by atoms with Gasteiger partial charge in [0.05, 0.1) is 12.3 Å². The van der Waals surface area contributed by atoms with Crippen molar-refractivity contribution in [2.45, 2.75) is 45.1 Å². The number of nitrogens with two attached hydrogens (primary N) is 1. The van der Waals surface area contributed by atoms with Crippen LogP contribution in [-0.2, 0) is 4.79 Å². The second-order valence-corrected chi connectivity index (χ2v) is 5.39. The van der Waals surface area contributed by atoms with E-state index in [9.17, 15) is 4.79 Å². The van der Waals surface area contributed by atoms with E-state index in [4.69, 9.17) is 10.5 Å². The summed E-state index contributed by atoms with van der Waals surface area (Å²) < 4.78 is 5.51. The molecule has 0 heterocycles. The maximum atomic E-state index is 12.2. The van der Waals surface area contributed by atoms with E-state index in [-0.39, 0.29) is 24.4 Å². The first-order chi connectivity index (χ1) is 9.70. The van der Waals surface area contributed by atoms with Gasteiger partial charge in [-0.1, -0.05) is 25.0 Å². The molecule has 1 aliphatic rings. The molecule has 1 aromatic rings. The molecule has 0 aliphatic heterocycles. The third-order valence-electron chi connectivity index (χ3n) is 3.88. The fraction of sp³-hybridized carbons (Fsp3) is 0.562. The largest absolute Gasteiger partial charge is 0.492 e. The minimum atomic E-state index is 0. The van der Waals surface area contributed by atoms with E-state index in [1.165, 1.54) is 12.8 Å². The van der Waals surface area contributed by atoms with Crippen molar-refractivity contribution >= 4 is 24.0 Å². The number of hydrogen-bond acceptors (Lipinski definition) is 3. The predicted octanol–water partition coefficient (Wildman–Crippen LogP) is 3.35. The molecular formula is C16H25ClN2O2. The zero-order valence-electron chi connectivity index (χ0n) is 12.5. The average molecular weight is 313 g/mol. The van der Waals surface area contributed by atoms with Crippen LogP contribution in [0.25, 0.3) is 0 Å². The molecule has 4 nitrogen and oxygen atoms in total. The van der Waals surface area contributed by atoms with Gasteiger partial charge in [0.1, 0.15) is 5.75 Å². The van der Waals surface area contributed by atoms with Crippen LogP contribution in [0.2, 0.25) is 0 Å². The van der Waals surface area contributed by atoms with Gasteiger partial charge in [-0.15, -0.1) is 12.4 Å². The molecule has 0 spiro atoms. The number of carbonyl (C=O) groups excluding carboxylic acids is 1. The summed E-state index contributed by atoms with van der Waals surface area (Å²) in [5, 5.41) is 2.94. The number of rotatable bonds is 5.